The summed E-state index contributed by atoms with van der Waals surface area (Å²) in [4.78, 5) is 19.1. The summed E-state index contributed by atoms with van der Waals surface area (Å²) in [6, 6.07) is 3.18. The number of hydrogen-bond acceptors (Lipinski definition) is 3. The third-order valence-electron chi connectivity index (χ3n) is 2.31. The average Bonchev–Trinajstić information content (AvgIpc) is 2.77. The Morgan fingerprint density at radius 3 is 2.94 bits per heavy atom. The molecule has 2 heterocycles. The lowest BCUT2D eigenvalue weighted by atomic mass is 10.3. The van der Waals surface area contributed by atoms with Crippen LogP contribution in [0.1, 0.15) is 23.2 Å². The molecule has 2 rings (SSSR count). The fourth-order valence-electron chi connectivity index (χ4n) is 1.52. The predicted octanol–water partition coefficient (Wildman–Crippen LogP) is 2.18. The van der Waals surface area contributed by atoms with Gasteiger partial charge in [-0.05, 0) is 12.1 Å². The summed E-state index contributed by atoms with van der Waals surface area (Å²) in [6.45, 7) is 1.97. The molecule has 0 aliphatic rings. The highest BCUT2D eigenvalue weighted by molar-refractivity contribution is 6.33. The molecular weight excluding hydrogens is 242 g/mol. The van der Waals surface area contributed by atoms with Gasteiger partial charge in [-0.1, -0.05) is 18.5 Å². The first-order valence-corrected chi connectivity index (χ1v) is 5.43. The first-order valence-electron chi connectivity index (χ1n) is 5.06. The van der Waals surface area contributed by atoms with Gasteiger partial charge in [-0.2, -0.15) is 0 Å². The lowest BCUT2D eigenvalue weighted by Gasteiger charge is -2.07. The Bertz CT molecular complexity index is 566. The Hall–Kier alpha value is -1.88. The van der Waals surface area contributed by atoms with E-state index in [0.29, 0.717) is 5.82 Å². The van der Waals surface area contributed by atoms with E-state index in [0.717, 1.165) is 12.2 Å². The van der Waals surface area contributed by atoms with Crippen molar-refractivity contribution in [1.82, 2.24) is 14.5 Å². The van der Waals surface area contributed by atoms with E-state index >= 15 is 0 Å². The maximum Gasteiger partial charge on any atom is 0.356 e. The van der Waals surface area contributed by atoms with Gasteiger partial charge in [0.05, 0.1) is 5.02 Å². The van der Waals surface area contributed by atoms with Crippen LogP contribution in [0.25, 0.3) is 5.82 Å². The second-order valence-electron chi connectivity index (χ2n) is 3.37. The molecule has 6 heteroatoms. The fraction of sp³-hybridized carbons (Fsp3) is 0.182. The van der Waals surface area contributed by atoms with Crippen LogP contribution in [0.3, 0.4) is 0 Å². The zero-order valence-corrected chi connectivity index (χ0v) is 9.85. The molecule has 2 aromatic heterocycles. The number of carboxylic acids is 1. The number of rotatable bonds is 3. The second-order valence-corrected chi connectivity index (χ2v) is 3.78. The molecule has 0 spiro atoms. The molecule has 5 nitrogen and oxygen atoms in total. The molecule has 88 valence electrons. The van der Waals surface area contributed by atoms with Gasteiger partial charge in [0.15, 0.2) is 5.69 Å². The Balaban J connectivity index is 2.54. The van der Waals surface area contributed by atoms with Crippen LogP contribution in [0.5, 0.6) is 0 Å². The monoisotopic (exact) mass is 251 g/mol. The molecule has 0 amide bonds. The predicted molar refractivity (Wildman–Crippen MR) is 62.7 cm³/mol. The van der Waals surface area contributed by atoms with Crippen LogP contribution >= 0.6 is 11.6 Å². The van der Waals surface area contributed by atoms with Crippen molar-refractivity contribution in [2.24, 2.45) is 0 Å². The number of carboxylic acid groups (broad SMARTS) is 1. The normalized spacial score (nSPS) is 10.5. The highest BCUT2D eigenvalue weighted by Crippen LogP contribution is 2.17. The first kappa shape index (κ1) is 11.6. The number of carbonyl (C=O) groups is 1. The largest absolute Gasteiger partial charge is 0.476 e. The van der Waals surface area contributed by atoms with Crippen molar-refractivity contribution < 1.29 is 9.90 Å². The first-order chi connectivity index (χ1) is 8.13. The van der Waals surface area contributed by atoms with Crippen molar-refractivity contribution in [2.75, 3.05) is 0 Å². The molecule has 1 N–H and O–H groups in total. The lowest BCUT2D eigenvalue weighted by molar-refractivity contribution is 0.0690. The molecule has 17 heavy (non-hydrogen) atoms. The maximum atomic E-state index is 10.9. The summed E-state index contributed by atoms with van der Waals surface area (Å²) >= 11 is 5.76. The summed E-state index contributed by atoms with van der Waals surface area (Å²) in [7, 11) is 0. The zero-order valence-electron chi connectivity index (χ0n) is 9.09. The van der Waals surface area contributed by atoms with Crippen LogP contribution < -0.4 is 0 Å². The molecule has 0 atom stereocenters. The minimum Gasteiger partial charge on any atom is -0.476 e. The van der Waals surface area contributed by atoms with Crippen molar-refractivity contribution in [3.05, 3.63) is 41.1 Å². The van der Waals surface area contributed by atoms with E-state index in [1.54, 1.807) is 23.0 Å². The van der Waals surface area contributed by atoms with Crippen LogP contribution in [0, 0.1) is 0 Å². The average molecular weight is 252 g/mol. The standard InChI is InChI=1S/C11H10ClN3O2/c1-2-8-13-5-6-15(8)9-4-3-7(12)10(14-9)11(16)17/h3-6H,2H2,1H3,(H,16,17). The van der Waals surface area contributed by atoms with E-state index < -0.39 is 5.97 Å². The number of hydrogen-bond donors (Lipinski definition) is 1. The number of imidazole rings is 1. The van der Waals surface area contributed by atoms with Crippen LogP contribution in [0.2, 0.25) is 5.02 Å². The van der Waals surface area contributed by atoms with Gasteiger partial charge in [0.2, 0.25) is 0 Å². The number of aryl methyl sites for hydroxylation is 1. The van der Waals surface area contributed by atoms with Crippen molar-refractivity contribution in [2.45, 2.75) is 13.3 Å². The third kappa shape index (κ3) is 2.14. The van der Waals surface area contributed by atoms with E-state index in [1.165, 1.54) is 6.07 Å². The lowest BCUT2D eigenvalue weighted by Crippen LogP contribution is -2.07. The van der Waals surface area contributed by atoms with Gasteiger partial charge in [-0.15, -0.1) is 0 Å². The SMILES string of the molecule is CCc1nccn1-c1ccc(Cl)c(C(=O)O)n1. The van der Waals surface area contributed by atoms with Crippen LogP contribution in [0.4, 0.5) is 0 Å². The smallest absolute Gasteiger partial charge is 0.356 e. The fourth-order valence-corrected chi connectivity index (χ4v) is 1.71. The Kier molecular flexibility index (Phi) is 3.10. The summed E-state index contributed by atoms with van der Waals surface area (Å²) < 4.78 is 1.74. The topological polar surface area (TPSA) is 68.0 Å². The number of pyridine rings is 1. The molecule has 0 aliphatic carbocycles. The summed E-state index contributed by atoms with van der Waals surface area (Å²) in [5.74, 6) is 0.173. The number of aromatic carboxylic acids is 1. The quantitative estimate of drug-likeness (QED) is 0.908. The molecule has 0 bridgehead atoms. The van der Waals surface area contributed by atoms with E-state index in [2.05, 4.69) is 9.97 Å². The van der Waals surface area contributed by atoms with Crippen molar-refractivity contribution in [3.63, 3.8) is 0 Å². The molecule has 0 fully saturated rings. The Labute approximate surface area is 103 Å². The number of nitrogens with zero attached hydrogens (tertiary/aromatic N) is 3. The zero-order chi connectivity index (χ0) is 12.4. The molecule has 0 aromatic carbocycles. The summed E-state index contributed by atoms with van der Waals surface area (Å²) in [5, 5.41) is 9.07. The van der Waals surface area contributed by atoms with E-state index in [-0.39, 0.29) is 10.7 Å². The number of aromatic nitrogens is 3. The van der Waals surface area contributed by atoms with Crippen molar-refractivity contribution in [1.29, 1.82) is 0 Å². The van der Waals surface area contributed by atoms with Crippen LogP contribution in [-0.4, -0.2) is 25.6 Å². The number of halogens is 1. The molecule has 0 unspecified atom stereocenters. The van der Waals surface area contributed by atoms with Crippen molar-refractivity contribution >= 4 is 17.6 Å². The van der Waals surface area contributed by atoms with Gasteiger partial charge < -0.3 is 5.11 Å². The molecular formula is C11H10ClN3O2. The Morgan fingerprint density at radius 2 is 2.29 bits per heavy atom. The minimum atomic E-state index is -1.14. The van der Waals surface area contributed by atoms with E-state index in [1.807, 2.05) is 6.92 Å². The van der Waals surface area contributed by atoms with E-state index in [4.69, 9.17) is 16.7 Å². The molecule has 0 saturated heterocycles. The minimum absolute atomic E-state index is 0.124. The Morgan fingerprint density at radius 1 is 1.53 bits per heavy atom. The highest BCUT2D eigenvalue weighted by Gasteiger charge is 2.13. The molecule has 0 saturated carbocycles. The molecule has 0 radical (unpaired) electrons. The van der Waals surface area contributed by atoms with Gasteiger partial charge >= 0.3 is 5.97 Å². The van der Waals surface area contributed by atoms with Gasteiger partial charge in [0, 0.05) is 18.8 Å². The third-order valence-corrected chi connectivity index (χ3v) is 2.62. The van der Waals surface area contributed by atoms with Gasteiger partial charge in [-0.25, -0.2) is 14.8 Å². The summed E-state index contributed by atoms with van der Waals surface area (Å²) in [6.07, 6.45) is 4.12. The van der Waals surface area contributed by atoms with Crippen molar-refractivity contribution in [3.8, 4) is 5.82 Å². The molecule has 2 aromatic rings. The van der Waals surface area contributed by atoms with Gasteiger partial charge in [0.1, 0.15) is 11.6 Å². The van der Waals surface area contributed by atoms with Crippen LogP contribution in [-0.2, 0) is 6.42 Å². The maximum absolute atomic E-state index is 10.9. The van der Waals surface area contributed by atoms with Gasteiger partial charge in [-0.3, -0.25) is 4.57 Å². The van der Waals surface area contributed by atoms with E-state index in [9.17, 15) is 4.79 Å². The second kappa shape index (κ2) is 4.55. The van der Waals surface area contributed by atoms with Gasteiger partial charge in [0.25, 0.3) is 0 Å². The van der Waals surface area contributed by atoms with Crippen LogP contribution in [0.15, 0.2) is 24.5 Å². The highest BCUT2D eigenvalue weighted by atomic mass is 35.5. The molecule has 0 aliphatic heterocycles. The summed E-state index contributed by atoms with van der Waals surface area (Å²) in [5.41, 5.74) is -0.153.